The lowest BCUT2D eigenvalue weighted by Gasteiger charge is -2.15. The second-order valence-electron chi connectivity index (χ2n) is 4.83. The second-order valence-corrected chi connectivity index (χ2v) is 4.83. The van der Waals surface area contributed by atoms with Crippen LogP contribution in [0.15, 0.2) is 10.9 Å². The van der Waals surface area contributed by atoms with Crippen LogP contribution >= 0.6 is 0 Å². The standard InChI is InChI=1S/C12H17N5O/c1-2-4-6-9(7-5-3-1)12-15-11(17-18-12)10-13-8-14-16-10/h8-9H,1-7H2,(H,13,14,16). The van der Waals surface area contributed by atoms with Gasteiger partial charge in [0.2, 0.25) is 11.7 Å². The molecule has 0 radical (unpaired) electrons. The summed E-state index contributed by atoms with van der Waals surface area (Å²) >= 11 is 0. The van der Waals surface area contributed by atoms with Gasteiger partial charge in [0.15, 0.2) is 5.82 Å². The fourth-order valence-electron chi connectivity index (χ4n) is 2.51. The minimum Gasteiger partial charge on any atom is -0.339 e. The molecule has 0 aliphatic heterocycles. The van der Waals surface area contributed by atoms with Gasteiger partial charge in [-0.25, -0.2) is 4.98 Å². The van der Waals surface area contributed by atoms with Crippen molar-refractivity contribution in [3.8, 4) is 11.6 Å². The van der Waals surface area contributed by atoms with E-state index in [0.29, 0.717) is 17.6 Å². The Bertz CT molecular complexity index is 470. The van der Waals surface area contributed by atoms with Gasteiger partial charge >= 0.3 is 0 Å². The minimum absolute atomic E-state index is 0.412. The zero-order valence-corrected chi connectivity index (χ0v) is 10.3. The first-order chi connectivity index (χ1) is 8.93. The topological polar surface area (TPSA) is 80.5 Å². The Labute approximate surface area is 105 Å². The first-order valence-electron chi connectivity index (χ1n) is 6.63. The summed E-state index contributed by atoms with van der Waals surface area (Å²) in [6.07, 6.45) is 10.3. The highest BCUT2D eigenvalue weighted by molar-refractivity contribution is 5.39. The zero-order chi connectivity index (χ0) is 12.2. The number of aromatic amines is 1. The Morgan fingerprint density at radius 3 is 2.61 bits per heavy atom. The highest BCUT2D eigenvalue weighted by Crippen LogP contribution is 2.30. The summed E-state index contributed by atoms with van der Waals surface area (Å²) in [7, 11) is 0. The van der Waals surface area contributed by atoms with Crippen molar-refractivity contribution in [1.29, 1.82) is 0 Å². The van der Waals surface area contributed by atoms with Gasteiger partial charge in [0, 0.05) is 5.92 Å². The number of rotatable bonds is 2. The average molecular weight is 247 g/mol. The Morgan fingerprint density at radius 2 is 1.89 bits per heavy atom. The predicted molar refractivity (Wildman–Crippen MR) is 64.7 cm³/mol. The predicted octanol–water partition coefficient (Wildman–Crippen LogP) is 2.68. The molecule has 0 aromatic carbocycles. The summed E-state index contributed by atoms with van der Waals surface area (Å²) in [5.74, 6) is 2.23. The lowest BCUT2D eigenvalue weighted by molar-refractivity contribution is 0.323. The molecule has 0 unspecified atom stereocenters. The fourth-order valence-corrected chi connectivity index (χ4v) is 2.51. The number of nitrogens with zero attached hydrogens (tertiary/aromatic N) is 4. The van der Waals surface area contributed by atoms with E-state index in [-0.39, 0.29) is 0 Å². The second kappa shape index (κ2) is 5.29. The summed E-state index contributed by atoms with van der Waals surface area (Å²) in [4.78, 5) is 8.46. The quantitative estimate of drug-likeness (QED) is 0.882. The number of nitrogens with one attached hydrogen (secondary N) is 1. The molecule has 1 saturated carbocycles. The van der Waals surface area contributed by atoms with Gasteiger partial charge in [0.1, 0.15) is 6.33 Å². The minimum atomic E-state index is 0.412. The third-order valence-corrected chi connectivity index (χ3v) is 3.52. The Balaban J connectivity index is 1.75. The Kier molecular flexibility index (Phi) is 3.34. The van der Waals surface area contributed by atoms with Crippen LogP contribution in [0.1, 0.15) is 56.8 Å². The van der Waals surface area contributed by atoms with Gasteiger partial charge in [0.05, 0.1) is 0 Å². The molecule has 1 aliphatic rings. The van der Waals surface area contributed by atoms with Gasteiger partial charge in [-0.2, -0.15) is 10.1 Å². The van der Waals surface area contributed by atoms with Gasteiger partial charge in [-0.15, -0.1) is 0 Å². The first-order valence-corrected chi connectivity index (χ1v) is 6.63. The van der Waals surface area contributed by atoms with Crippen molar-refractivity contribution in [2.45, 2.75) is 50.9 Å². The first kappa shape index (κ1) is 11.4. The molecule has 18 heavy (non-hydrogen) atoms. The van der Waals surface area contributed by atoms with Crippen molar-refractivity contribution in [3.05, 3.63) is 12.2 Å². The van der Waals surface area contributed by atoms with Crippen LogP contribution in [-0.4, -0.2) is 25.3 Å². The van der Waals surface area contributed by atoms with Crippen molar-refractivity contribution in [2.75, 3.05) is 0 Å². The van der Waals surface area contributed by atoms with Crippen LogP contribution in [0.5, 0.6) is 0 Å². The van der Waals surface area contributed by atoms with Crippen LogP contribution in [0, 0.1) is 0 Å². The van der Waals surface area contributed by atoms with Crippen LogP contribution < -0.4 is 0 Å². The maximum absolute atomic E-state index is 5.38. The molecular weight excluding hydrogens is 230 g/mol. The van der Waals surface area contributed by atoms with E-state index in [9.17, 15) is 0 Å². The van der Waals surface area contributed by atoms with Crippen LogP contribution in [0.3, 0.4) is 0 Å². The van der Waals surface area contributed by atoms with Crippen molar-refractivity contribution in [3.63, 3.8) is 0 Å². The molecular formula is C12H17N5O. The maximum Gasteiger partial charge on any atom is 0.239 e. The molecule has 0 spiro atoms. The van der Waals surface area contributed by atoms with E-state index in [1.165, 1.54) is 38.4 Å². The molecule has 96 valence electrons. The molecule has 3 rings (SSSR count). The monoisotopic (exact) mass is 247 g/mol. The number of aromatic nitrogens is 5. The van der Waals surface area contributed by atoms with Gasteiger partial charge in [-0.3, -0.25) is 5.10 Å². The molecule has 1 N–H and O–H groups in total. The SMILES string of the molecule is c1n[nH]c(-c2noc(C3CCCCCCC3)n2)n1. The molecule has 2 aromatic heterocycles. The highest BCUT2D eigenvalue weighted by Gasteiger charge is 2.21. The molecule has 6 heteroatoms. The molecule has 2 aromatic rings. The van der Waals surface area contributed by atoms with Crippen molar-refractivity contribution in [1.82, 2.24) is 25.3 Å². The number of hydrogen-bond acceptors (Lipinski definition) is 5. The van der Waals surface area contributed by atoms with Crippen LogP contribution in [0.25, 0.3) is 11.6 Å². The highest BCUT2D eigenvalue weighted by atomic mass is 16.5. The molecule has 1 aliphatic carbocycles. The Hall–Kier alpha value is -1.72. The summed E-state index contributed by atoms with van der Waals surface area (Å²) in [6, 6.07) is 0. The third-order valence-electron chi connectivity index (χ3n) is 3.52. The van der Waals surface area contributed by atoms with Gasteiger partial charge < -0.3 is 4.52 Å². The normalized spacial score (nSPS) is 18.4. The van der Waals surface area contributed by atoms with E-state index < -0.39 is 0 Å². The lowest BCUT2D eigenvalue weighted by atomic mass is 9.91. The van der Waals surface area contributed by atoms with Crippen LogP contribution in [-0.2, 0) is 0 Å². The average Bonchev–Trinajstić information content (AvgIpc) is 2.98. The molecule has 0 bridgehead atoms. The van der Waals surface area contributed by atoms with Crippen LogP contribution in [0.2, 0.25) is 0 Å². The largest absolute Gasteiger partial charge is 0.339 e. The summed E-state index contributed by atoms with van der Waals surface area (Å²) < 4.78 is 5.38. The fraction of sp³-hybridized carbons (Fsp3) is 0.667. The zero-order valence-electron chi connectivity index (χ0n) is 10.3. The lowest BCUT2D eigenvalue weighted by Crippen LogP contribution is -2.02. The van der Waals surface area contributed by atoms with E-state index in [0.717, 1.165) is 18.7 Å². The van der Waals surface area contributed by atoms with Crippen molar-refractivity contribution in [2.24, 2.45) is 0 Å². The third kappa shape index (κ3) is 2.42. The Morgan fingerprint density at radius 1 is 1.11 bits per heavy atom. The molecule has 0 saturated heterocycles. The van der Waals surface area contributed by atoms with Gasteiger partial charge in [0.25, 0.3) is 0 Å². The molecule has 0 atom stereocenters. The molecule has 1 fully saturated rings. The van der Waals surface area contributed by atoms with Gasteiger partial charge in [-0.1, -0.05) is 37.3 Å². The van der Waals surface area contributed by atoms with Crippen molar-refractivity contribution >= 4 is 0 Å². The molecule has 0 amide bonds. The van der Waals surface area contributed by atoms with E-state index >= 15 is 0 Å². The maximum atomic E-state index is 5.38. The van der Waals surface area contributed by atoms with E-state index in [1.807, 2.05) is 0 Å². The van der Waals surface area contributed by atoms with E-state index in [2.05, 4.69) is 25.3 Å². The smallest absolute Gasteiger partial charge is 0.239 e. The summed E-state index contributed by atoms with van der Waals surface area (Å²) in [6.45, 7) is 0. The van der Waals surface area contributed by atoms with Crippen LogP contribution in [0.4, 0.5) is 0 Å². The molecule has 6 nitrogen and oxygen atoms in total. The summed E-state index contributed by atoms with van der Waals surface area (Å²) in [5.41, 5.74) is 0. The number of hydrogen-bond donors (Lipinski definition) is 1. The van der Waals surface area contributed by atoms with E-state index in [4.69, 9.17) is 4.52 Å². The van der Waals surface area contributed by atoms with Crippen molar-refractivity contribution < 1.29 is 4.52 Å². The molecule has 2 heterocycles. The summed E-state index contributed by atoms with van der Waals surface area (Å²) in [5, 5.41) is 10.5. The van der Waals surface area contributed by atoms with E-state index in [1.54, 1.807) is 0 Å². The van der Waals surface area contributed by atoms with Gasteiger partial charge in [-0.05, 0) is 12.8 Å². The number of H-pyrrole nitrogens is 1.